The fourth-order valence-corrected chi connectivity index (χ4v) is 2.65. The van der Waals surface area contributed by atoms with Gasteiger partial charge in [0.1, 0.15) is 0 Å². The van der Waals surface area contributed by atoms with Gasteiger partial charge in [-0.15, -0.1) is 0 Å². The van der Waals surface area contributed by atoms with E-state index in [-0.39, 0.29) is 11.3 Å². The predicted molar refractivity (Wildman–Crippen MR) is 60.9 cm³/mol. The second-order valence-corrected chi connectivity index (χ2v) is 5.32. The average Bonchev–Trinajstić information content (AvgIpc) is 2.86. The van der Waals surface area contributed by atoms with Crippen LogP contribution < -0.4 is 4.90 Å². The normalized spacial score (nSPS) is 20.5. The Morgan fingerprint density at radius 3 is 2.93 bits per heavy atom. The van der Waals surface area contributed by atoms with Crippen molar-refractivity contribution in [2.24, 2.45) is 0 Å². The lowest BCUT2D eigenvalue weighted by Crippen LogP contribution is -2.28. The van der Waals surface area contributed by atoms with Crippen LogP contribution in [0.25, 0.3) is 0 Å². The van der Waals surface area contributed by atoms with E-state index in [1.165, 1.54) is 12.8 Å². The third-order valence-corrected chi connectivity index (χ3v) is 3.76. The molecule has 0 bridgehead atoms. The number of rotatable bonds is 0. The molecule has 1 aliphatic carbocycles. The zero-order valence-electron chi connectivity index (χ0n) is 8.46. The van der Waals surface area contributed by atoms with Gasteiger partial charge in [0, 0.05) is 29.6 Å². The average molecular weight is 267 g/mol. The number of anilines is 1. The lowest BCUT2D eigenvalue weighted by atomic mass is 10.1. The molecular formula is C11H11BrN2O. The Balaban J connectivity index is 2.16. The van der Waals surface area contributed by atoms with Gasteiger partial charge in [-0.3, -0.25) is 9.78 Å². The molecule has 78 valence electrons. The molecular weight excluding hydrogens is 256 g/mol. The lowest BCUT2D eigenvalue weighted by molar-refractivity contribution is -0.116. The summed E-state index contributed by atoms with van der Waals surface area (Å²) in [5.74, 6) is 0.111. The van der Waals surface area contributed by atoms with E-state index in [9.17, 15) is 4.79 Å². The van der Waals surface area contributed by atoms with Crippen LogP contribution in [0.1, 0.15) is 25.5 Å². The number of hydrogen-bond acceptors (Lipinski definition) is 2. The molecule has 3 rings (SSSR count). The van der Waals surface area contributed by atoms with E-state index in [1.807, 2.05) is 17.2 Å². The fraction of sp³-hybridized carbons (Fsp3) is 0.455. The maximum Gasteiger partial charge on any atom is 0.223 e. The molecule has 15 heavy (non-hydrogen) atoms. The number of aromatic nitrogens is 1. The monoisotopic (exact) mass is 266 g/mol. The lowest BCUT2D eigenvalue weighted by Gasteiger charge is -2.14. The molecule has 0 unspecified atom stereocenters. The van der Waals surface area contributed by atoms with Crippen LogP contribution in [-0.2, 0) is 10.2 Å². The summed E-state index contributed by atoms with van der Waals surface area (Å²) in [5, 5.41) is 0. The Labute approximate surface area is 96.6 Å². The Hall–Kier alpha value is -0.900. The summed E-state index contributed by atoms with van der Waals surface area (Å²) in [6.07, 6.45) is 4.15. The van der Waals surface area contributed by atoms with Crippen molar-refractivity contribution in [2.75, 3.05) is 11.4 Å². The van der Waals surface area contributed by atoms with E-state index in [0.29, 0.717) is 0 Å². The molecule has 1 saturated carbocycles. The minimum atomic E-state index is 0.111. The molecule has 1 aliphatic heterocycles. The van der Waals surface area contributed by atoms with Crippen molar-refractivity contribution in [1.29, 1.82) is 0 Å². The molecule has 1 fully saturated rings. The third kappa shape index (κ3) is 1.24. The quantitative estimate of drug-likeness (QED) is 0.722. The van der Waals surface area contributed by atoms with Crippen LogP contribution in [0.15, 0.2) is 16.7 Å². The van der Waals surface area contributed by atoms with Gasteiger partial charge in [-0.05, 0) is 34.8 Å². The Morgan fingerprint density at radius 2 is 2.33 bits per heavy atom. The summed E-state index contributed by atoms with van der Waals surface area (Å²) >= 11 is 3.40. The standard InChI is InChI=1S/C11H11BrN2O/c1-7(15)14-6-11(2-3-11)10-9(14)4-8(12)5-13-10/h4-5H,2-3,6H2,1H3. The van der Waals surface area contributed by atoms with Crippen molar-refractivity contribution < 1.29 is 4.79 Å². The molecule has 0 N–H and O–H groups in total. The van der Waals surface area contributed by atoms with Crippen molar-refractivity contribution >= 4 is 27.5 Å². The molecule has 1 aromatic rings. The summed E-state index contributed by atoms with van der Waals surface area (Å²) in [6, 6.07) is 2.00. The zero-order valence-corrected chi connectivity index (χ0v) is 10.0. The molecule has 0 radical (unpaired) electrons. The number of pyridine rings is 1. The molecule has 0 saturated heterocycles. The SMILES string of the molecule is CC(=O)N1CC2(CC2)c2ncc(Br)cc21. The van der Waals surface area contributed by atoms with Crippen molar-refractivity contribution in [3.63, 3.8) is 0 Å². The maximum absolute atomic E-state index is 11.5. The summed E-state index contributed by atoms with van der Waals surface area (Å²) in [7, 11) is 0. The van der Waals surface area contributed by atoms with E-state index < -0.39 is 0 Å². The number of halogens is 1. The van der Waals surface area contributed by atoms with E-state index in [1.54, 1.807) is 6.92 Å². The van der Waals surface area contributed by atoms with E-state index >= 15 is 0 Å². The Morgan fingerprint density at radius 1 is 1.60 bits per heavy atom. The molecule has 0 aromatic carbocycles. The summed E-state index contributed by atoms with van der Waals surface area (Å²) < 4.78 is 0.935. The largest absolute Gasteiger partial charge is 0.310 e. The summed E-state index contributed by atoms with van der Waals surface area (Å²) in [6.45, 7) is 2.44. The summed E-state index contributed by atoms with van der Waals surface area (Å²) in [4.78, 5) is 17.8. The molecule has 2 heterocycles. The van der Waals surface area contributed by atoms with Crippen LogP contribution in [-0.4, -0.2) is 17.4 Å². The van der Waals surface area contributed by atoms with Gasteiger partial charge in [-0.25, -0.2) is 0 Å². The van der Waals surface area contributed by atoms with Crippen molar-refractivity contribution in [2.45, 2.75) is 25.2 Å². The number of carbonyl (C=O) groups excluding carboxylic acids is 1. The molecule has 2 aliphatic rings. The molecule has 3 nitrogen and oxygen atoms in total. The first kappa shape index (κ1) is 9.33. The number of hydrogen-bond donors (Lipinski definition) is 0. The van der Waals surface area contributed by atoms with Crippen molar-refractivity contribution in [3.8, 4) is 0 Å². The predicted octanol–water partition coefficient (Wildman–Crippen LogP) is 2.24. The van der Waals surface area contributed by atoms with Crippen LogP contribution >= 0.6 is 15.9 Å². The Bertz CT molecular complexity index is 454. The first-order chi connectivity index (χ1) is 7.12. The number of amides is 1. The molecule has 1 spiro atoms. The summed E-state index contributed by atoms with van der Waals surface area (Å²) in [5.41, 5.74) is 2.30. The van der Waals surface area contributed by atoms with Gasteiger partial charge in [0.05, 0.1) is 11.4 Å². The second kappa shape index (κ2) is 2.82. The van der Waals surface area contributed by atoms with Gasteiger partial charge in [0.25, 0.3) is 0 Å². The molecule has 4 heteroatoms. The van der Waals surface area contributed by atoms with Gasteiger partial charge in [-0.1, -0.05) is 0 Å². The highest BCUT2D eigenvalue weighted by molar-refractivity contribution is 9.10. The van der Waals surface area contributed by atoms with E-state index in [4.69, 9.17) is 0 Å². The first-order valence-electron chi connectivity index (χ1n) is 5.07. The first-order valence-corrected chi connectivity index (χ1v) is 5.86. The molecule has 1 amide bonds. The van der Waals surface area contributed by atoms with Crippen LogP contribution in [0.4, 0.5) is 5.69 Å². The number of fused-ring (bicyclic) bond motifs is 2. The highest BCUT2D eigenvalue weighted by Gasteiger charge is 2.53. The van der Waals surface area contributed by atoms with Crippen LogP contribution in [0.5, 0.6) is 0 Å². The van der Waals surface area contributed by atoms with Gasteiger partial charge >= 0.3 is 0 Å². The van der Waals surface area contributed by atoms with Crippen LogP contribution in [0, 0.1) is 0 Å². The van der Waals surface area contributed by atoms with E-state index in [0.717, 1.165) is 22.4 Å². The fourth-order valence-electron chi connectivity index (χ4n) is 2.33. The molecule has 1 aromatic heterocycles. The van der Waals surface area contributed by atoms with Gasteiger partial charge in [0.2, 0.25) is 5.91 Å². The topological polar surface area (TPSA) is 33.2 Å². The second-order valence-electron chi connectivity index (χ2n) is 4.41. The minimum absolute atomic E-state index is 0.111. The van der Waals surface area contributed by atoms with Gasteiger partial charge in [0.15, 0.2) is 0 Å². The number of nitrogens with zero attached hydrogens (tertiary/aromatic N) is 2. The number of carbonyl (C=O) groups is 1. The van der Waals surface area contributed by atoms with E-state index in [2.05, 4.69) is 20.9 Å². The minimum Gasteiger partial charge on any atom is -0.310 e. The van der Waals surface area contributed by atoms with Crippen LogP contribution in [0.2, 0.25) is 0 Å². The van der Waals surface area contributed by atoms with Crippen molar-refractivity contribution in [3.05, 3.63) is 22.4 Å². The highest BCUT2D eigenvalue weighted by Crippen LogP contribution is 2.55. The molecule has 0 atom stereocenters. The highest BCUT2D eigenvalue weighted by atomic mass is 79.9. The third-order valence-electron chi connectivity index (χ3n) is 3.32. The zero-order chi connectivity index (χ0) is 10.6. The maximum atomic E-state index is 11.5. The van der Waals surface area contributed by atoms with Gasteiger partial charge < -0.3 is 4.90 Å². The van der Waals surface area contributed by atoms with Crippen molar-refractivity contribution in [1.82, 2.24) is 4.98 Å². The van der Waals surface area contributed by atoms with Crippen LogP contribution in [0.3, 0.4) is 0 Å². The Kier molecular flexibility index (Phi) is 1.75. The smallest absolute Gasteiger partial charge is 0.223 e. The van der Waals surface area contributed by atoms with Gasteiger partial charge in [-0.2, -0.15) is 0 Å².